The smallest absolute Gasteiger partial charge is 0.226 e. The van der Waals surface area contributed by atoms with Crippen molar-refractivity contribution in [2.45, 2.75) is 12.8 Å². The SMILES string of the molecule is C=CN1CCCC1=O.C=Cc1ccc[nH]1. The van der Waals surface area contributed by atoms with Crippen LogP contribution in [0.4, 0.5) is 0 Å². The lowest BCUT2D eigenvalue weighted by Gasteiger charge is -2.05. The Morgan fingerprint density at radius 2 is 2.27 bits per heavy atom. The van der Waals surface area contributed by atoms with Crippen LogP contribution in [0.5, 0.6) is 0 Å². The molecule has 15 heavy (non-hydrogen) atoms. The zero-order valence-electron chi connectivity index (χ0n) is 8.78. The monoisotopic (exact) mass is 204 g/mol. The minimum absolute atomic E-state index is 0.208. The number of aromatic nitrogens is 1. The van der Waals surface area contributed by atoms with Crippen molar-refractivity contribution in [3.63, 3.8) is 0 Å². The lowest BCUT2D eigenvalue weighted by Crippen LogP contribution is -2.16. The van der Waals surface area contributed by atoms with Crippen LogP contribution >= 0.6 is 0 Å². The van der Waals surface area contributed by atoms with Crippen LogP contribution in [0.15, 0.2) is 37.7 Å². The van der Waals surface area contributed by atoms with E-state index < -0.39 is 0 Å². The number of carbonyl (C=O) groups excluding carboxylic acids is 1. The van der Waals surface area contributed by atoms with E-state index in [1.807, 2.05) is 18.3 Å². The topological polar surface area (TPSA) is 36.1 Å². The Bertz CT molecular complexity index is 327. The third-order valence-corrected chi connectivity index (χ3v) is 2.17. The van der Waals surface area contributed by atoms with E-state index in [9.17, 15) is 4.79 Å². The molecule has 1 fully saturated rings. The van der Waals surface area contributed by atoms with E-state index in [1.54, 1.807) is 17.2 Å². The first-order chi connectivity index (χ1) is 7.27. The molecule has 0 saturated carbocycles. The van der Waals surface area contributed by atoms with Crippen LogP contribution < -0.4 is 0 Å². The number of hydrogen-bond donors (Lipinski definition) is 1. The largest absolute Gasteiger partial charge is 0.362 e. The molecular formula is C12H16N2O. The number of hydrogen-bond acceptors (Lipinski definition) is 1. The molecule has 0 radical (unpaired) electrons. The standard InChI is InChI=1S/C6H9NO.C6H7N/c1-2-7-5-3-4-6(7)8;1-2-6-4-3-5-7-6/h2H,1,3-5H2;2-5,7H,1H2. The molecule has 2 heterocycles. The van der Waals surface area contributed by atoms with Crippen molar-refractivity contribution >= 4 is 12.0 Å². The van der Waals surface area contributed by atoms with Gasteiger partial charge in [-0.15, -0.1) is 0 Å². The van der Waals surface area contributed by atoms with Gasteiger partial charge in [-0.05, 0) is 30.8 Å². The first-order valence-corrected chi connectivity index (χ1v) is 4.95. The fourth-order valence-corrected chi connectivity index (χ4v) is 1.33. The van der Waals surface area contributed by atoms with Gasteiger partial charge in [-0.2, -0.15) is 0 Å². The Balaban J connectivity index is 0.000000151. The van der Waals surface area contributed by atoms with Gasteiger partial charge < -0.3 is 9.88 Å². The van der Waals surface area contributed by atoms with Crippen molar-refractivity contribution in [2.75, 3.05) is 6.54 Å². The highest BCUT2D eigenvalue weighted by Crippen LogP contribution is 2.08. The van der Waals surface area contributed by atoms with Gasteiger partial charge in [0, 0.05) is 24.9 Å². The maximum Gasteiger partial charge on any atom is 0.226 e. The van der Waals surface area contributed by atoms with E-state index in [4.69, 9.17) is 0 Å². The second-order valence-corrected chi connectivity index (χ2v) is 3.20. The molecule has 1 N–H and O–H groups in total. The summed E-state index contributed by atoms with van der Waals surface area (Å²) < 4.78 is 0. The van der Waals surface area contributed by atoms with Crippen molar-refractivity contribution in [3.8, 4) is 0 Å². The highest BCUT2D eigenvalue weighted by atomic mass is 16.2. The fraction of sp³-hybridized carbons (Fsp3) is 0.250. The Morgan fingerprint density at radius 3 is 2.53 bits per heavy atom. The summed E-state index contributed by atoms with van der Waals surface area (Å²) in [5, 5.41) is 0. The molecular weight excluding hydrogens is 188 g/mol. The first-order valence-electron chi connectivity index (χ1n) is 4.95. The van der Waals surface area contributed by atoms with Crippen molar-refractivity contribution in [1.82, 2.24) is 9.88 Å². The molecule has 2 rings (SSSR count). The molecule has 0 atom stereocenters. The summed E-state index contributed by atoms with van der Waals surface area (Å²) in [5.41, 5.74) is 1.07. The summed E-state index contributed by atoms with van der Waals surface area (Å²) in [4.78, 5) is 15.3. The quantitative estimate of drug-likeness (QED) is 0.789. The van der Waals surface area contributed by atoms with Crippen LogP contribution in [-0.2, 0) is 4.79 Å². The third-order valence-electron chi connectivity index (χ3n) is 2.17. The second-order valence-electron chi connectivity index (χ2n) is 3.20. The van der Waals surface area contributed by atoms with Gasteiger partial charge in [0.25, 0.3) is 0 Å². The maximum absolute atomic E-state index is 10.7. The normalized spacial score (nSPS) is 14.4. The van der Waals surface area contributed by atoms with E-state index in [-0.39, 0.29) is 5.91 Å². The Kier molecular flexibility index (Phi) is 4.41. The van der Waals surface area contributed by atoms with E-state index in [2.05, 4.69) is 18.1 Å². The van der Waals surface area contributed by atoms with E-state index >= 15 is 0 Å². The van der Waals surface area contributed by atoms with Crippen molar-refractivity contribution < 1.29 is 4.79 Å². The summed E-state index contributed by atoms with van der Waals surface area (Å²) in [6.45, 7) is 7.93. The lowest BCUT2D eigenvalue weighted by atomic mass is 10.4. The molecule has 0 bridgehead atoms. The Hall–Kier alpha value is -1.77. The molecule has 0 aromatic carbocycles. The molecule has 0 spiro atoms. The van der Waals surface area contributed by atoms with Crippen LogP contribution in [0.3, 0.4) is 0 Å². The van der Waals surface area contributed by atoms with Gasteiger partial charge in [0.05, 0.1) is 0 Å². The van der Waals surface area contributed by atoms with Gasteiger partial charge in [0.15, 0.2) is 0 Å². The fourth-order valence-electron chi connectivity index (χ4n) is 1.33. The molecule has 1 amide bonds. The van der Waals surface area contributed by atoms with Gasteiger partial charge in [0.2, 0.25) is 5.91 Å². The van der Waals surface area contributed by atoms with Crippen molar-refractivity contribution in [3.05, 3.63) is 43.4 Å². The molecule has 1 aromatic rings. The zero-order chi connectivity index (χ0) is 11.1. The van der Waals surface area contributed by atoms with Gasteiger partial charge in [-0.25, -0.2) is 0 Å². The molecule has 0 aliphatic carbocycles. The number of carbonyl (C=O) groups is 1. The Labute approximate surface area is 90.1 Å². The van der Waals surface area contributed by atoms with Crippen LogP contribution in [0.1, 0.15) is 18.5 Å². The average Bonchev–Trinajstić information content (AvgIpc) is 2.88. The first kappa shape index (κ1) is 11.3. The number of likely N-dealkylation sites (tertiary alicyclic amines) is 1. The molecule has 0 unspecified atom stereocenters. The van der Waals surface area contributed by atoms with Crippen LogP contribution in [0, 0.1) is 0 Å². The van der Waals surface area contributed by atoms with Gasteiger partial charge in [-0.3, -0.25) is 4.79 Å². The maximum atomic E-state index is 10.7. The van der Waals surface area contributed by atoms with Crippen LogP contribution in [0.2, 0.25) is 0 Å². The number of nitrogens with one attached hydrogen (secondary N) is 1. The van der Waals surface area contributed by atoms with Crippen LogP contribution in [-0.4, -0.2) is 22.3 Å². The van der Waals surface area contributed by atoms with Crippen molar-refractivity contribution in [2.24, 2.45) is 0 Å². The summed E-state index contributed by atoms with van der Waals surface area (Å²) >= 11 is 0. The van der Waals surface area contributed by atoms with Crippen LogP contribution in [0.25, 0.3) is 6.08 Å². The summed E-state index contributed by atoms with van der Waals surface area (Å²) in [7, 11) is 0. The zero-order valence-corrected chi connectivity index (χ0v) is 8.78. The molecule has 3 heteroatoms. The highest BCUT2D eigenvalue weighted by molar-refractivity contribution is 5.78. The van der Waals surface area contributed by atoms with E-state index in [0.717, 1.165) is 18.7 Å². The van der Waals surface area contributed by atoms with Gasteiger partial charge in [0.1, 0.15) is 0 Å². The van der Waals surface area contributed by atoms with Crippen molar-refractivity contribution in [1.29, 1.82) is 0 Å². The predicted octanol–water partition coefficient (Wildman–Crippen LogP) is 2.41. The summed E-state index contributed by atoms with van der Waals surface area (Å²) in [5.74, 6) is 0.208. The predicted molar refractivity (Wildman–Crippen MR) is 62.0 cm³/mol. The highest BCUT2D eigenvalue weighted by Gasteiger charge is 2.15. The molecule has 3 nitrogen and oxygen atoms in total. The summed E-state index contributed by atoms with van der Waals surface area (Å²) in [6, 6.07) is 3.91. The lowest BCUT2D eigenvalue weighted by molar-refractivity contribution is -0.125. The minimum Gasteiger partial charge on any atom is -0.362 e. The summed E-state index contributed by atoms with van der Waals surface area (Å²) in [6.07, 6.45) is 6.93. The molecule has 1 aliphatic rings. The van der Waals surface area contributed by atoms with Gasteiger partial charge in [-0.1, -0.05) is 13.2 Å². The number of aromatic amines is 1. The second kappa shape index (κ2) is 5.86. The minimum atomic E-state index is 0.208. The number of amides is 1. The number of H-pyrrole nitrogens is 1. The Morgan fingerprint density at radius 1 is 1.47 bits per heavy atom. The third kappa shape index (κ3) is 3.46. The molecule has 1 saturated heterocycles. The van der Waals surface area contributed by atoms with E-state index in [1.165, 1.54) is 0 Å². The molecule has 1 aliphatic heterocycles. The number of rotatable bonds is 2. The molecule has 80 valence electrons. The molecule has 1 aromatic heterocycles. The number of nitrogens with zero attached hydrogens (tertiary/aromatic N) is 1. The average molecular weight is 204 g/mol. The van der Waals surface area contributed by atoms with Gasteiger partial charge >= 0.3 is 0 Å². The van der Waals surface area contributed by atoms with E-state index in [0.29, 0.717) is 6.42 Å².